The molecule has 0 radical (unpaired) electrons. The van der Waals surface area contributed by atoms with E-state index in [4.69, 9.17) is 0 Å². The SMILES string of the molecule is Cc1ccc(N(c2ccc(C)c(C)c2)c2cc(-c3ccc4c(c3)C(C)(C)c3ccccc3-4)c(C)c(-c3ccc4c(c3)C(C)(C)c3ccccc3-4)c2)cc1C. The standard InChI is InChI=1S/C53H49N/c1-32-18-22-39(26-34(32)3)54(40-23-19-33(2)35(4)27-40)41-30-46(37-20-24-44-42-14-10-12-16-48(42)52(6,7)50(44)28-37)36(5)47(31-41)38-21-25-45-43-15-11-13-17-49(43)53(8,9)51(45)29-38/h10-31H,1-9H3. The summed E-state index contributed by atoms with van der Waals surface area (Å²) >= 11 is 0. The smallest absolute Gasteiger partial charge is 0.0474 e. The number of fused-ring (bicyclic) bond motifs is 6. The molecule has 0 atom stereocenters. The highest BCUT2D eigenvalue weighted by Crippen LogP contribution is 2.52. The molecule has 0 saturated heterocycles. The molecule has 1 heteroatoms. The highest BCUT2D eigenvalue weighted by molar-refractivity contribution is 5.91. The summed E-state index contributed by atoms with van der Waals surface area (Å²) in [6, 6.07) is 50.9. The van der Waals surface area contributed by atoms with Crippen LogP contribution >= 0.6 is 0 Å². The molecular formula is C53H49N. The maximum Gasteiger partial charge on any atom is 0.0474 e. The number of hydrogen-bond acceptors (Lipinski definition) is 1. The molecule has 0 amide bonds. The number of hydrogen-bond donors (Lipinski definition) is 0. The molecule has 7 aromatic rings. The summed E-state index contributed by atoms with van der Waals surface area (Å²) < 4.78 is 0. The third-order valence-electron chi connectivity index (χ3n) is 12.9. The first-order chi connectivity index (χ1) is 25.8. The van der Waals surface area contributed by atoms with Crippen LogP contribution in [0.2, 0.25) is 0 Å². The fourth-order valence-corrected chi connectivity index (χ4v) is 9.35. The molecule has 266 valence electrons. The van der Waals surface area contributed by atoms with Crippen molar-refractivity contribution in [3.63, 3.8) is 0 Å². The molecule has 2 aliphatic carbocycles. The summed E-state index contributed by atoms with van der Waals surface area (Å²) in [7, 11) is 0. The number of nitrogens with zero attached hydrogens (tertiary/aromatic N) is 1. The molecule has 0 unspecified atom stereocenters. The average molecular weight is 700 g/mol. The maximum atomic E-state index is 2.48. The van der Waals surface area contributed by atoms with Gasteiger partial charge in [-0.05, 0) is 178 Å². The van der Waals surface area contributed by atoms with E-state index in [1.54, 1.807) is 0 Å². The van der Waals surface area contributed by atoms with E-state index in [1.165, 1.54) is 94.6 Å². The molecule has 9 rings (SSSR count). The molecule has 0 N–H and O–H groups in total. The van der Waals surface area contributed by atoms with E-state index in [0.29, 0.717) is 0 Å². The van der Waals surface area contributed by atoms with Crippen molar-refractivity contribution in [1.29, 1.82) is 0 Å². The van der Waals surface area contributed by atoms with Crippen molar-refractivity contribution in [2.45, 2.75) is 73.1 Å². The zero-order valence-corrected chi connectivity index (χ0v) is 33.1. The Morgan fingerprint density at radius 3 is 1.17 bits per heavy atom. The Morgan fingerprint density at radius 1 is 0.333 bits per heavy atom. The van der Waals surface area contributed by atoms with Crippen LogP contribution in [0.3, 0.4) is 0 Å². The predicted octanol–water partition coefficient (Wildman–Crippen LogP) is 14.6. The monoisotopic (exact) mass is 699 g/mol. The third kappa shape index (κ3) is 5.12. The van der Waals surface area contributed by atoms with Gasteiger partial charge < -0.3 is 4.90 Å². The highest BCUT2D eigenvalue weighted by atomic mass is 15.1. The van der Waals surface area contributed by atoms with Gasteiger partial charge in [0, 0.05) is 27.9 Å². The van der Waals surface area contributed by atoms with Crippen molar-refractivity contribution in [1.82, 2.24) is 0 Å². The summed E-state index contributed by atoms with van der Waals surface area (Å²) in [6.45, 7) is 20.7. The molecule has 54 heavy (non-hydrogen) atoms. The summed E-state index contributed by atoms with van der Waals surface area (Å²) in [6.07, 6.45) is 0. The Morgan fingerprint density at radius 2 is 0.741 bits per heavy atom. The van der Waals surface area contributed by atoms with E-state index in [0.717, 1.165) is 17.1 Å². The number of rotatable bonds is 5. The first-order valence-electron chi connectivity index (χ1n) is 19.4. The van der Waals surface area contributed by atoms with E-state index in [1.807, 2.05) is 0 Å². The van der Waals surface area contributed by atoms with E-state index in [9.17, 15) is 0 Å². The van der Waals surface area contributed by atoms with Crippen molar-refractivity contribution >= 4 is 17.1 Å². The van der Waals surface area contributed by atoms with Crippen LogP contribution in [0.15, 0.2) is 133 Å². The summed E-state index contributed by atoms with van der Waals surface area (Å²) in [4.78, 5) is 2.46. The lowest BCUT2D eigenvalue weighted by molar-refractivity contribution is 0.660. The fourth-order valence-electron chi connectivity index (χ4n) is 9.35. The van der Waals surface area contributed by atoms with Crippen LogP contribution in [-0.4, -0.2) is 0 Å². The van der Waals surface area contributed by atoms with Gasteiger partial charge in [-0.3, -0.25) is 0 Å². The lowest BCUT2D eigenvalue weighted by Gasteiger charge is -2.29. The Kier molecular flexibility index (Phi) is 7.70. The Labute approximate surface area is 322 Å². The van der Waals surface area contributed by atoms with Crippen molar-refractivity contribution in [3.8, 4) is 44.5 Å². The second-order valence-corrected chi connectivity index (χ2v) is 16.9. The lowest BCUT2D eigenvalue weighted by Crippen LogP contribution is -2.15. The molecule has 0 aliphatic heterocycles. The Balaban J connectivity index is 1.30. The van der Waals surface area contributed by atoms with Crippen LogP contribution in [0.5, 0.6) is 0 Å². The van der Waals surface area contributed by atoms with Crippen LogP contribution in [0.4, 0.5) is 17.1 Å². The van der Waals surface area contributed by atoms with Crippen molar-refractivity contribution < 1.29 is 0 Å². The summed E-state index contributed by atoms with van der Waals surface area (Å²) in [5.41, 5.74) is 25.8. The van der Waals surface area contributed by atoms with Crippen LogP contribution in [-0.2, 0) is 10.8 Å². The molecule has 7 aromatic carbocycles. The van der Waals surface area contributed by atoms with Crippen molar-refractivity contribution in [2.24, 2.45) is 0 Å². The van der Waals surface area contributed by atoms with Gasteiger partial charge in [0.2, 0.25) is 0 Å². The van der Waals surface area contributed by atoms with E-state index < -0.39 is 0 Å². The normalized spacial score (nSPS) is 14.3. The second kappa shape index (κ2) is 12.2. The molecule has 1 nitrogen and oxygen atoms in total. The molecule has 0 saturated carbocycles. The number of anilines is 3. The molecule has 0 aromatic heterocycles. The van der Waals surface area contributed by atoms with E-state index >= 15 is 0 Å². The van der Waals surface area contributed by atoms with Crippen LogP contribution in [0, 0.1) is 34.6 Å². The van der Waals surface area contributed by atoms with Gasteiger partial charge in [0.25, 0.3) is 0 Å². The zero-order valence-electron chi connectivity index (χ0n) is 33.1. The van der Waals surface area contributed by atoms with E-state index in [-0.39, 0.29) is 10.8 Å². The van der Waals surface area contributed by atoms with Gasteiger partial charge in [0.05, 0.1) is 0 Å². The quantitative estimate of drug-likeness (QED) is 0.173. The molecule has 0 fully saturated rings. The molecule has 2 aliphatic rings. The van der Waals surface area contributed by atoms with Gasteiger partial charge in [-0.25, -0.2) is 0 Å². The third-order valence-corrected chi connectivity index (χ3v) is 12.9. The molecule has 0 bridgehead atoms. The zero-order chi connectivity index (χ0) is 37.7. The first kappa shape index (κ1) is 34.1. The fraction of sp³-hybridized carbons (Fsp3) is 0.208. The average Bonchev–Trinajstić information content (AvgIpc) is 3.54. The largest absolute Gasteiger partial charge is 0.310 e. The summed E-state index contributed by atoms with van der Waals surface area (Å²) in [5, 5.41) is 0. The van der Waals surface area contributed by atoms with Gasteiger partial charge in [0.15, 0.2) is 0 Å². The molecule has 0 heterocycles. The van der Waals surface area contributed by atoms with Gasteiger partial charge in [0.1, 0.15) is 0 Å². The van der Waals surface area contributed by atoms with Crippen LogP contribution in [0.25, 0.3) is 44.5 Å². The van der Waals surface area contributed by atoms with E-state index in [2.05, 4.69) is 201 Å². The minimum atomic E-state index is -0.0816. The van der Waals surface area contributed by atoms with Gasteiger partial charge in [-0.2, -0.15) is 0 Å². The Bertz CT molecular complexity index is 2490. The topological polar surface area (TPSA) is 3.24 Å². The molecular weight excluding hydrogens is 651 g/mol. The highest BCUT2D eigenvalue weighted by Gasteiger charge is 2.37. The van der Waals surface area contributed by atoms with Crippen molar-refractivity contribution in [3.05, 3.63) is 184 Å². The van der Waals surface area contributed by atoms with Crippen LogP contribution < -0.4 is 4.90 Å². The van der Waals surface area contributed by atoms with Gasteiger partial charge in [-0.1, -0.05) is 113 Å². The number of aryl methyl sites for hydroxylation is 4. The Hall–Kier alpha value is -5.66. The summed E-state index contributed by atoms with van der Waals surface area (Å²) in [5.74, 6) is 0. The maximum absolute atomic E-state index is 2.48. The van der Waals surface area contributed by atoms with Crippen molar-refractivity contribution in [2.75, 3.05) is 4.90 Å². The van der Waals surface area contributed by atoms with Gasteiger partial charge >= 0.3 is 0 Å². The second-order valence-electron chi connectivity index (χ2n) is 16.9. The first-order valence-corrected chi connectivity index (χ1v) is 19.4. The minimum Gasteiger partial charge on any atom is -0.310 e. The predicted molar refractivity (Wildman–Crippen MR) is 231 cm³/mol. The van der Waals surface area contributed by atoms with Gasteiger partial charge in [-0.15, -0.1) is 0 Å². The van der Waals surface area contributed by atoms with Crippen LogP contribution in [0.1, 0.15) is 77.8 Å². The molecule has 0 spiro atoms. The lowest BCUT2D eigenvalue weighted by atomic mass is 9.80. The minimum absolute atomic E-state index is 0.0816. The number of benzene rings is 7.